The summed E-state index contributed by atoms with van der Waals surface area (Å²) in [4.78, 5) is 38.2. The van der Waals surface area contributed by atoms with Crippen molar-refractivity contribution < 1.29 is 19.1 Å². The van der Waals surface area contributed by atoms with Crippen LogP contribution >= 0.6 is 23.2 Å². The molecule has 166 valence electrons. The molecule has 3 aromatic rings. The minimum Gasteiger partial charge on any atom is -0.497 e. The molecule has 8 heteroatoms. The molecule has 33 heavy (non-hydrogen) atoms. The van der Waals surface area contributed by atoms with Gasteiger partial charge in [-0.05, 0) is 59.7 Å². The molecule has 3 aromatic carbocycles. The number of carbonyl (C=O) groups excluding carboxylic acids is 3. The zero-order valence-corrected chi connectivity index (χ0v) is 19.0. The highest BCUT2D eigenvalue weighted by Gasteiger charge is 2.29. The minimum absolute atomic E-state index is 0.0586. The highest BCUT2D eigenvalue weighted by atomic mass is 35.5. The predicted molar refractivity (Wildman–Crippen MR) is 128 cm³/mol. The first kappa shape index (κ1) is 22.6. The summed E-state index contributed by atoms with van der Waals surface area (Å²) in [6.07, 6.45) is 1.44. The molecule has 4 rings (SSSR count). The maximum absolute atomic E-state index is 13.1. The maximum atomic E-state index is 13.1. The molecule has 0 bridgehead atoms. The number of halogens is 2. The Morgan fingerprint density at radius 3 is 2.45 bits per heavy atom. The first-order chi connectivity index (χ1) is 15.9. The van der Waals surface area contributed by atoms with Gasteiger partial charge in [0.1, 0.15) is 5.75 Å². The minimum atomic E-state index is -0.532. The van der Waals surface area contributed by atoms with Gasteiger partial charge in [-0.25, -0.2) is 0 Å². The first-order valence-corrected chi connectivity index (χ1v) is 10.7. The highest BCUT2D eigenvalue weighted by Crippen LogP contribution is 2.29. The Labute approximate surface area is 200 Å². The number of hydrogen-bond donors (Lipinski definition) is 2. The van der Waals surface area contributed by atoms with E-state index in [1.165, 1.54) is 12.1 Å². The van der Waals surface area contributed by atoms with Crippen molar-refractivity contribution in [3.05, 3.63) is 98.5 Å². The van der Waals surface area contributed by atoms with E-state index < -0.39 is 11.7 Å². The van der Waals surface area contributed by atoms with Gasteiger partial charge in [-0.2, -0.15) is 0 Å². The van der Waals surface area contributed by atoms with Gasteiger partial charge in [-0.15, -0.1) is 0 Å². The van der Waals surface area contributed by atoms with Crippen molar-refractivity contribution >= 4 is 52.6 Å². The van der Waals surface area contributed by atoms with Gasteiger partial charge < -0.3 is 15.4 Å². The number of rotatable bonds is 5. The molecule has 0 spiro atoms. The van der Waals surface area contributed by atoms with Crippen LogP contribution < -0.4 is 15.4 Å². The summed E-state index contributed by atoms with van der Waals surface area (Å²) in [5.74, 6) is -0.627. The summed E-state index contributed by atoms with van der Waals surface area (Å²) < 4.78 is 5.13. The van der Waals surface area contributed by atoms with E-state index in [9.17, 15) is 14.4 Å². The molecule has 0 saturated heterocycles. The van der Waals surface area contributed by atoms with Gasteiger partial charge >= 0.3 is 0 Å². The second-order valence-electron chi connectivity index (χ2n) is 7.31. The van der Waals surface area contributed by atoms with Gasteiger partial charge in [-0.1, -0.05) is 41.4 Å². The fourth-order valence-corrected chi connectivity index (χ4v) is 3.65. The zero-order chi connectivity index (χ0) is 23.5. The standard InChI is InChI=1S/C25H18Cl2N2O4/c1-33-17-6-2-14(3-7-17)13-28-24(31)16-5-9-22-18(12-16)23(30)19(25(32)29-22)10-15-4-8-20(26)21(27)11-15/h2-12H,13H2,1H3,(H,28,31)(H,29,32)/b19-10+. The average Bonchev–Trinajstić information content (AvgIpc) is 2.82. The molecule has 2 amide bonds. The molecule has 0 saturated carbocycles. The summed E-state index contributed by atoms with van der Waals surface area (Å²) >= 11 is 12.0. The molecule has 0 aliphatic carbocycles. The monoisotopic (exact) mass is 480 g/mol. The van der Waals surface area contributed by atoms with Crippen LogP contribution in [0, 0.1) is 0 Å². The lowest BCUT2D eigenvalue weighted by Gasteiger charge is -2.19. The van der Waals surface area contributed by atoms with E-state index in [0.717, 1.165) is 11.3 Å². The fourth-order valence-electron chi connectivity index (χ4n) is 3.35. The van der Waals surface area contributed by atoms with Crippen molar-refractivity contribution in [3.63, 3.8) is 0 Å². The van der Waals surface area contributed by atoms with Gasteiger partial charge in [-0.3, -0.25) is 14.4 Å². The molecule has 0 fully saturated rings. The third-order valence-electron chi connectivity index (χ3n) is 5.13. The van der Waals surface area contributed by atoms with E-state index in [1.54, 1.807) is 37.4 Å². The lowest BCUT2D eigenvalue weighted by Crippen LogP contribution is -2.28. The molecule has 6 nitrogen and oxygen atoms in total. The number of anilines is 1. The molecule has 2 N–H and O–H groups in total. The van der Waals surface area contributed by atoms with Crippen molar-refractivity contribution in [3.8, 4) is 5.75 Å². The van der Waals surface area contributed by atoms with Gasteiger partial charge in [0, 0.05) is 17.7 Å². The fraction of sp³-hybridized carbons (Fsp3) is 0.0800. The van der Waals surface area contributed by atoms with E-state index in [2.05, 4.69) is 10.6 Å². The Balaban J connectivity index is 1.55. The number of benzene rings is 3. The quantitative estimate of drug-likeness (QED) is 0.390. The summed E-state index contributed by atoms with van der Waals surface area (Å²) in [5, 5.41) is 6.20. The SMILES string of the molecule is COc1ccc(CNC(=O)c2ccc3c(c2)C(=O)/C(=C\c2ccc(Cl)c(Cl)c2)C(=O)N3)cc1. The second-order valence-corrected chi connectivity index (χ2v) is 8.12. The lowest BCUT2D eigenvalue weighted by molar-refractivity contribution is -0.112. The van der Waals surface area contributed by atoms with Crippen molar-refractivity contribution in [1.82, 2.24) is 5.32 Å². The Morgan fingerprint density at radius 1 is 1.00 bits per heavy atom. The Bertz CT molecular complexity index is 1300. The molecule has 0 aromatic heterocycles. The number of Topliss-reactive ketones (excluding diaryl/α,β-unsaturated/α-hetero) is 1. The maximum Gasteiger partial charge on any atom is 0.259 e. The van der Waals surface area contributed by atoms with Gasteiger partial charge in [0.05, 0.1) is 28.4 Å². The van der Waals surface area contributed by atoms with Crippen molar-refractivity contribution in [2.24, 2.45) is 0 Å². The lowest BCUT2D eigenvalue weighted by atomic mass is 9.93. The molecule has 1 aliphatic heterocycles. The van der Waals surface area contributed by atoms with Crippen molar-refractivity contribution in [1.29, 1.82) is 0 Å². The number of methoxy groups -OCH3 is 1. The summed E-state index contributed by atoms with van der Waals surface area (Å²) in [7, 11) is 1.59. The molecular weight excluding hydrogens is 463 g/mol. The number of amides is 2. The van der Waals surface area contributed by atoms with Crippen LogP contribution in [0.2, 0.25) is 10.0 Å². The van der Waals surface area contributed by atoms with Crippen LogP contribution in [0.1, 0.15) is 31.8 Å². The van der Waals surface area contributed by atoms with E-state index >= 15 is 0 Å². The normalized spacial score (nSPS) is 14.0. The van der Waals surface area contributed by atoms with E-state index in [4.69, 9.17) is 27.9 Å². The zero-order valence-electron chi connectivity index (χ0n) is 17.4. The number of nitrogens with one attached hydrogen (secondary N) is 2. The Kier molecular flexibility index (Phi) is 6.49. The molecule has 0 unspecified atom stereocenters. The van der Waals surface area contributed by atoms with Gasteiger partial charge in [0.15, 0.2) is 0 Å². The second kappa shape index (κ2) is 9.48. The van der Waals surface area contributed by atoms with E-state index in [1.807, 2.05) is 24.3 Å². The van der Waals surface area contributed by atoms with Crippen molar-refractivity contribution in [2.75, 3.05) is 12.4 Å². The van der Waals surface area contributed by atoms with E-state index in [0.29, 0.717) is 33.4 Å². The average molecular weight is 481 g/mol. The summed E-state index contributed by atoms with van der Waals surface area (Å²) in [6, 6.07) is 16.7. The molecule has 0 radical (unpaired) electrons. The number of ether oxygens (including phenoxy) is 1. The number of ketones is 1. The summed E-state index contributed by atoms with van der Waals surface area (Å²) in [6.45, 7) is 0.313. The third kappa shape index (κ3) is 4.92. The Hall–Kier alpha value is -3.61. The van der Waals surface area contributed by atoms with Crippen LogP contribution in [0.5, 0.6) is 5.75 Å². The van der Waals surface area contributed by atoms with E-state index in [-0.39, 0.29) is 17.0 Å². The highest BCUT2D eigenvalue weighted by molar-refractivity contribution is 6.42. The van der Waals surface area contributed by atoms with Crippen LogP contribution in [0.3, 0.4) is 0 Å². The van der Waals surface area contributed by atoms with Crippen LogP contribution in [0.15, 0.2) is 66.2 Å². The van der Waals surface area contributed by atoms with Crippen LogP contribution in [-0.2, 0) is 11.3 Å². The first-order valence-electron chi connectivity index (χ1n) is 9.93. The number of carbonyl (C=O) groups is 3. The number of hydrogen-bond acceptors (Lipinski definition) is 4. The largest absolute Gasteiger partial charge is 0.497 e. The smallest absolute Gasteiger partial charge is 0.259 e. The molecular formula is C25H18Cl2N2O4. The van der Waals surface area contributed by atoms with Gasteiger partial charge in [0.2, 0.25) is 5.78 Å². The van der Waals surface area contributed by atoms with Crippen LogP contribution in [0.4, 0.5) is 5.69 Å². The topological polar surface area (TPSA) is 84.5 Å². The molecule has 1 heterocycles. The third-order valence-corrected chi connectivity index (χ3v) is 5.87. The number of fused-ring (bicyclic) bond motifs is 1. The molecule has 1 aliphatic rings. The predicted octanol–water partition coefficient (Wildman–Crippen LogP) is 5.15. The van der Waals surface area contributed by atoms with Crippen LogP contribution in [-0.4, -0.2) is 24.7 Å². The van der Waals surface area contributed by atoms with Crippen molar-refractivity contribution in [2.45, 2.75) is 6.54 Å². The van der Waals surface area contributed by atoms with Crippen LogP contribution in [0.25, 0.3) is 6.08 Å². The summed E-state index contributed by atoms with van der Waals surface area (Å²) in [5.41, 5.74) is 2.29. The Morgan fingerprint density at radius 2 is 1.76 bits per heavy atom. The molecule has 0 atom stereocenters. The van der Waals surface area contributed by atoms with Gasteiger partial charge in [0.25, 0.3) is 11.8 Å².